The van der Waals surface area contributed by atoms with E-state index in [0.717, 1.165) is 0 Å². The fraction of sp³-hybridized carbons (Fsp3) is 0.125. The van der Waals surface area contributed by atoms with E-state index in [1.165, 1.54) is 13.3 Å². The third-order valence-corrected chi connectivity index (χ3v) is 3.58. The second-order valence-electron chi connectivity index (χ2n) is 4.47. The third kappa shape index (κ3) is 4.72. The van der Waals surface area contributed by atoms with Crippen LogP contribution in [0, 0.1) is 0 Å². The van der Waals surface area contributed by atoms with Gasteiger partial charge >= 0.3 is 0 Å². The van der Waals surface area contributed by atoms with E-state index in [0.29, 0.717) is 27.2 Å². The van der Waals surface area contributed by atoms with E-state index < -0.39 is 0 Å². The minimum Gasteiger partial charge on any atom is -0.493 e. The molecule has 0 spiro atoms. The smallest absolute Gasteiger partial charge is 0.262 e. The van der Waals surface area contributed by atoms with Gasteiger partial charge in [0.25, 0.3) is 5.91 Å². The van der Waals surface area contributed by atoms with Gasteiger partial charge in [0.1, 0.15) is 0 Å². The quantitative estimate of drug-likeness (QED) is 0.459. The Labute approximate surface area is 141 Å². The standard InChI is InChI=1S/C16H15BrN2O4/c1-22-14-7-11(9-18-21)13(17)8-15(14)23-10-16(20)19-12-5-3-2-4-6-12/h2-9,21H,10H2,1H3,(H,19,20)/b18-9+. The molecule has 0 aliphatic rings. The number of para-hydroxylation sites is 1. The van der Waals surface area contributed by atoms with Crippen LogP contribution in [0.15, 0.2) is 52.1 Å². The van der Waals surface area contributed by atoms with E-state index in [1.807, 2.05) is 18.2 Å². The van der Waals surface area contributed by atoms with Crippen LogP contribution in [0.4, 0.5) is 5.69 Å². The van der Waals surface area contributed by atoms with Crippen molar-refractivity contribution in [2.75, 3.05) is 19.0 Å². The van der Waals surface area contributed by atoms with Crippen LogP contribution in [0.2, 0.25) is 0 Å². The van der Waals surface area contributed by atoms with Crippen LogP contribution in [0.5, 0.6) is 11.5 Å². The molecule has 2 aromatic carbocycles. The number of rotatable bonds is 6. The first-order valence-corrected chi connectivity index (χ1v) is 7.46. The van der Waals surface area contributed by atoms with Crippen molar-refractivity contribution in [2.24, 2.45) is 5.16 Å². The molecule has 2 N–H and O–H groups in total. The molecule has 0 heterocycles. The molecule has 2 aromatic rings. The van der Waals surface area contributed by atoms with E-state index in [9.17, 15) is 4.79 Å². The maximum Gasteiger partial charge on any atom is 0.262 e. The van der Waals surface area contributed by atoms with Gasteiger partial charge in [-0.3, -0.25) is 4.79 Å². The SMILES string of the molecule is COc1cc(/C=N/O)c(Br)cc1OCC(=O)Nc1ccccc1. The summed E-state index contributed by atoms with van der Waals surface area (Å²) in [5, 5.41) is 14.3. The first-order valence-electron chi connectivity index (χ1n) is 6.66. The van der Waals surface area contributed by atoms with Crippen molar-refractivity contribution in [3.8, 4) is 11.5 Å². The maximum absolute atomic E-state index is 11.9. The average molecular weight is 379 g/mol. The number of anilines is 1. The van der Waals surface area contributed by atoms with E-state index in [-0.39, 0.29) is 12.5 Å². The molecule has 2 rings (SSSR count). The lowest BCUT2D eigenvalue weighted by Crippen LogP contribution is -2.20. The van der Waals surface area contributed by atoms with Crippen molar-refractivity contribution >= 4 is 33.7 Å². The molecule has 0 aromatic heterocycles. The molecule has 1 amide bonds. The third-order valence-electron chi connectivity index (χ3n) is 2.90. The van der Waals surface area contributed by atoms with E-state index in [1.54, 1.807) is 24.3 Å². The van der Waals surface area contributed by atoms with E-state index in [4.69, 9.17) is 14.7 Å². The van der Waals surface area contributed by atoms with Gasteiger partial charge in [-0.15, -0.1) is 0 Å². The lowest BCUT2D eigenvalue weighted by atomic mass is 10.2. The highest BCUT2D eigenvalue weighted by atomic mass is 79.9. The molecule has 6 nitrogen and oxygen atoms in total. The molecule has 0 saturated carbocycles. The van der Waals surface area contributed by atoms with Crippen molar-refractivity contribution in [1.29, 1.82) is 0 Å². The van der Waals surface area contributed by atoms with Crippen LogP contribution in [-0.2, 0) is 4.79 Å². The molecule has 0 unspecified atom stereocenters. The summed E-state index contributed by atoms with van der Waals surface area (Å²) in [5.74, 6) is 0.545. The molecule has 120 valence electrons. The summed E-state index contributed by atoms with van der Waals surface area (Å²) in [4.78, 5) is 11.9. The Kier molecular flexibility index (Phi) is 5.99. The Morgan fingerprint density at radius 2 is 2.04 bits per heavy atom. The summed E-state index contributed by atoms with van der Waals surface area (Å²) in [6.07, 6.45) is 1.26. The number of oxime groups is 1. The van der Waals surface area contributed by atoms with Gasteiger partial charge < -0.3 is 20.0 Å². The molecule has 0 radical (unpaired) electrons. The molecule has 23 heavy (non-hydrogen) atoms. The largest absolute Gasteiger partial charge is 0.493 e. The van der Waals surface area contributed by atoms with Gasteiger partial charge in [0.15, 0.2) is 18.1 Å². The highest BCUT2D eigenvalue weighted by Crippen LogP contribution is 2.32. The Morgan fingerprint density at radius 3 is 2.70 bits per heavy atom. The number of benzene rings is 2. The number of carbonyl (C=O) groups is 1. The summed E-state index contributed by atoms with van der Waals surface area (Å²) in [5.41, 5.74) is 1.31. The number of methoxy groups -OCH3 is 1. The number of nitrogens with one attached hydrogen (secondary N) is 1. The first-order chi connectivity index (χ1) is 11.1. The minimum absolute atomic E-state index is 0.162. The summed E-state index contributed by atoms with van der Waals surface area (Å²) in [6, 6.07) is 12.4. The van der Waals surface area contributed by atoms with Crippen LogP contribution in [0.1, 0.15) is 5.56 Å². The monoisotopic (exact) mass is 378 g/mol. The predicted molar refractivity (Wildman–Crippen MR) is 90.6 cm³/mol. The Hall–Kier alpha value is -2.54. The number of ether oxygens (including phenoxy) is 2. The molecular weight excluding hydrogens is 364 g/mol. The number of carbonyl (C=O) groups excluding carboxylic acids is 1. The van der Waals surface area contributed by atoms with Gasteiger partial charge in [-0.1, -0.05) is 23.4 Å². The zero-order valence-electron chi connectivity index (χ0n) is 12.3. The van der Waals surface area contributed by atoms with Crippen molar-refractivity contribution < 1.29 is 19.5 Å². The van der Waals surface area contributed by atoms with Crippen molar-refractivity contribution in [3.05, 3.63) is 52.5 Å². The van der Waals surface area contributed by atoms with Crippen LogP contribution < -0.4 is 14.8 Å². The second kappa shape index (κ2) is 8.19. The van der Waals surface area contributed by atoms with Crippen molar-refractivity contribution in [2.45, 2.75) is 0 Å². The van der Waals surface area contributed by atoms with Crippen LogP contribution in [0.25, 0.3) is 0 Å². The number of amides is 1. The zero-order valence-corrected chi connectivity index (χ0v) is 13.9. The van der Waals surface area contributed by atoms with Gasteiger partial charge in [0.05, 0.1) is 13.3 Å². The first kappa shape index (κ1) is 16.8. The molecule has 0 aliphatic heterocycles. The average Bonchev–Trinajstić information content (AvgIpc) is 2.56. The lowest BCUT2D eigenvalue weighted by molar-refractivity contribution is -0.118. The Morgan fingerprint density at radius 1 is 1.30 bits per heavy atom. The van der Waals surface area contributed by atoms with E-state index in [2.05, 4.69) is 26.4 Å². The normalized spacial score (nSPS) is 10.5. The molecule has 0 aliphatic carbocycles. The molecule has 7 heteroatoms. The summed E-state index contributed by atoms with van der Waals surface area (Å²) >= 11 is 3.33. The van der Waals surface area contributed by atoms with Crippen molar-refractivity contribution in [1.82, 2.24) is 0 Å². The number of nitrogens with zero attached hydrogens (tertiary/aromatic N) is 1. The number of hydrogen-bond donors (Lipinski definition) is 2. The Bertz CT molecular complexity index is 705. The second-order valence-corrected chi connectivity index (χ2v) is 5.33. The zero-order chi connectivity index (χ0) is 16.7. The van der Waals surface area contributed by atoms with Gasteiger partial charge in [0.2, 0.25) is 0 Å². The molecule has 0 saturated heterocycles. The highest BCUT2D eigenvalue weighted by Gasteiger charge is 2.11. The molecular formula is C16H15BrN2O4. The van der Waals surface area contributed by atoms with Crippen molar-refractivity contribution in [3.63, 3.8) is 0 Å². The maximum atomic E-state index is 11.9. The lowest BCUT2D eigenvalue weighted by Gasteiger charge is -2.12. The van der Waals surface area contributed by atoms with Gasteiger partial charge in [0, 0.05) is 15.7 Å². The number of halogens is 1. The Balaban J connectivity index is 2.05. The summed E-state index contributed by atoms with van der Waals surface area (Å²) in [7, 11) is 1.49. The fourth-order valence-corrected chi connectivity index (χ4v) is 2.27. The van der Waals surface area contributed by atoms with Crippen LogP contribution in [0.3, 0.4) is 0 Å². The molecule has 0 bridgehead atoms. The van der Waals surface area contributed by atoms with Gasteiger partial charge in [-0.2, -0.15) is 0 Å². The predicted octanol–water partition coefficient (Wildman–Crippen LogP) is 3.28. The highest BCUT2D eigenvalue weighted by molar-refractivity contribution is 9.10. The topological polar surface area (TPSA) is 80.2 Å². The number of hydrogen-bond acceptors (Lipinski definition) is 5. The minimum atomic E-state index is -0.282. The van der Waals surface area contributed by atoms with E-state index >= 15 is 0 Å². The molecule has 0 fully saturated rings. The van der Waals surface area contributed by atoms with Crippen LogP contribution in [-0.4, -0.2) is 31.0 Å². The van der Waals surface area contributed by atoms with Gasteiger partial charge in [-0.05, 0) is 40.2 Å². The van der Waals surface area contributed by atoms with Crippen LogP contribution >= 0.6 is 15.9 Å². The summed E-state index contributed by atoms with van der Waals surface area (Å²) in [6.45, 7) is -0.162. The molecule has 0 atom stereocenters. The summed E-state index contributed by atoms with van der Waals surface area (Å²) < 4.78 is 11.4. The fourth-order valence-electron chi connectivity index (χ4n) is 1.85. The van der Waals surface area contributed by atoms with Gasteiger partial charge in [-0.25, -0.2) is 0 Å².